The number of rotatable bonds is 3. The number of hydrogen-bond donors (Lipinski definition) is 2. The molecule has 5 heteroatoms. The molecule has 4 nitrogen and oxygen atoms in total. The molecule has 1 amide bonds. The van der Waals surface area contributed by atoms with E-state index in [9.17, 15) is 9.90 Å². The number of halogens is 1. The van der Waals surface area contributed by atoms with Crippen LogP contribution in [0.15, 0.2) is 48.5 Å². The van der Waals surface area contributed by atoms with Crippen molar-refractivity contribution in [2.75, 3.05) is 13.0 Å². The van der Waals surface area contributed by atoms with E-state index in [1.54, 1.807) is 12.1 Å². The Labute approximate surface area is 133 Å². The molecule has 0 radical (unpaired) electrons. The van der Waals surface area contributed by atoms with E-state index in [0.717, 1.165) is 0 Å². The normalized spacial score (nSPS) is 24.9. The summed E-state index contributed by atoms with van der Waals surface area (Å²) in [4.78, 5) is 13.3. The molecule has 2 aromatic carbocycles. The van der Waals surface area contributed by atoms with E-state index in [-0.39, 0.29) is 16.7 Å². The Morgan fingerprint density at radius 3 is 2.57 bits per heavy atom. The van der Waals surface area contributed by atoms with E-state index in [0.29, 0.717) is 9.92 Å². The van der Waals surface area contributed by atoms with Crippen molar-refractivity contribution in [3.63, 3.8) is 0 Å². The minimum atomic E-state index is -2.99. The third-order valence-corrected chi connectivity index (χ3v) is 3.73. The van der Waals surface area contributed by atoms with Gasteiger partial charge in [-0.25, -0.2) is 0 Å². The van der Waals surface area contributed by atoms with Gasteiger partial charge in [-0.2, -0.15) is 0 Å². The second-order valence-corrected chi connectivity index (χ2v) is 5.06. The number of amides is 1. The van der Waals surface area contributed by atoms with Gasteiger partial charge in [0.15, 0.2) is 5.72 Å². The number of nitrogens with zero attached hydrogens (tertiary/aromatic N) is 1. The van der Waals surface area contributed by atoms with Gasteiger partial charge in [0, 0.05) is 37.4 Å². The summed E-state index contributed by atoms with van der Waals surface area (Å²) in [5.41, 5.74) is 3.51. The number of benzene rings is 2. The van der Waals surface area contributed by atoms with Crippen LogP contribution in [0.5, 0.6) is 0 Å². The topological polar surface area (TPSA) is 66.6 Å². The van der Waals surface area contributed by atoms with Crippen LogP contribution in [0.3, 0.4) is 0 Å². The molecule has 1 aliphatic heterocycles. The zero-order valence-corrected chi connectivity index (χ0v) is 11.6. The zero-order chi connectivity index (χ0) is 18.6. The molecule has 0 fully saturated rings. The van der Waals surface area contributed by atoms with Gasteiger partial charge in [-0.1, -0.05) is 41.9 Å². The molecule has 2 aromatic rings. The predicted octanol–water partition coefficient (Wildman–Crippen LogP) is 1.95. The number of carbonyl (C=O) groups is 1. The highest BCUT2D eigenvalue weighted by Gasteiger charge is 2.49. The molecule has 1 atom stereocenters. The van der Waals surface area contributed by atoms with Crippen molar-refractivity contribution < 1.29 is 15.4 Å². The molecule has 1 heterocycles. The standard InChI is InChI=1S/C16H15ClN2O2/c17-12-7-5-11(6-8-12)16(21)14-4-2-1-3-13(14)15(20)19(16)10-9-18/h1-8,21H,9-10,18H2/i9D2,10D2. The Morgan fingerprint density at radius 1 is 1.24 bits per heavy atom. The highest BCUT2D eigenvalue weighted by Crippen LogP contribution is 2.41. The molecule has 0 bridgehead atoms. The molecule has 0 aromatic heterocycles. The van der Waals surface area contributed by atoms with Crippen LogP contribution < -0.4 is 5.73 Å². The number of nitrogens with two attached hydrogens (primary N) is 1. The van der Waals surface area contributed by atoms with Gasteiger partial charge in [0.2, 0.25) is 0 Å². The maximum atomic E-state index is 12.8. The van der Waals surface area contributed by atoms with Crippen LogP contribution in [0.4, 0.5) is 0 Å². The Bertz CT molecular complexity index is 839. The van der Waals surface area contributed by atoms with Gasteiger partial charge in [-0.05, 0) is 18.2 Å². The number of hydrogen-bond acceptors (Lipinski definition) is 3. The van der Waals surface area contributed by atoms with Crippen molar-refractivity contribution >= 4 is 17.5 Å². The van der Waals surface area contributed by atoms with Crippen molar-refractivity contribution in [2.45, 2.75) is 5.72 Å². The summed E-state index contributed by atoms with van der Waals surface area (Å²) in [6.45, 7) is -5.90. The van der Waals surface area contributed by atoms with E-state index in [4.69, 9.17) is 22.8 Å². The molecule has 0 spiro atoms. The first kappa shape index (κ1) is 9.95. The third-order valence-electron chi connectivity index (χ3n) is 3.48. The van der Waals surface area contributed by atoms with Crippen LogP contribution in [-0.4, -0.2) is 28.9 Å². The summed E-state index contributed by atoms with van der Waals surface area (Å²) in [6, 6.07) is 12.0. The first-order valence-electron chi connectivity index (χ1n) is 8.22. The second-order valence-electron chi connectivity index (χ2n) is 4.62. The summed E-state index contributed by atoms with van der Waals surface area (Å²) in [6.07, 6.45) is 0. The fraction of sp³-hybridized carbons (Fsp3) is 0.188. The van der Waals surface area contributed by atoms with Crippen molar-refractivity contribution in [3.05, 3.63) is 70.2 Å². The van der Waals surface area contributed by atoms with Gasteiger partial charge in [0.05, 0.1) is 2.74 Å². The number of aliphatic hydroxyl groups is 1. The zero-order valence-electron chi connectivity index (χ0n) is 14.9. The summed E-state index contributed by atoms with van der Waals surface area (Å²) < 4.78 is 31.5. The van der Waals surface area contributed by atoms with Crippen molar-refractivity contribution in [3.8, 4) is 0 Å². The molecule has 0 saturated carbocycles. The summed E-state index contributed by atoms with van der Waals surface area (Å²) in [5, 5.41) is 11.8. The van der Waals surface area contributed by atoms with Crippen LogP contribution in [0, 0.1) is 0 Å². The lowest BCUT2D eigenvalue weighted by molar-refractivity contribution is -0.0484. The maximum Gasteiger partial charge on any atom is 0.257 e. The van der Waals surface area contributed by atoms with Crippen molar-refractivity contribution in [1.82, 2.24) is 4.90 Å². The average molecular weight is 307 g/mol. The largest absolute Gasteiger partial charge is 0.363 e. The Kier molecular flexibility index (Phi) is 2.44. The first-order valence-corrected chi connectivity index (χ1v) is 6.60. The molecular formula is C16H15ClN2O2. The van der Waals surface area contributed by atoms with Gasteiger partial charge in [-0.3, -0.25) is 4.79 Å². The van der Waals surface area contributed by atoms with E-state index >= 15 is 0 Å². The van der Waals surface area contributed by atoms with Gasteiger partial charge >= 0.3 is 0 Å². The summed E-state index contributed by atoms with van der Waals surface area (Å²) >= 11 is 5.88. The highest BCUT2D eigenvalue weighted by atomic mass is 35.5. The van der Waals surface area contributed by atoms with E-state index in [1.807, 2.05) is 0 Å². The predicted molar refractivity (Wildman–Crippen MR) is 81.0 cm³/mol. The minimum Gasteiger partial charge on any atom is -0.363 e. The van der Waals surface area contributed by atoms with Crippen LogP contribution in [0.25, 0.3) is 0 Å². The van der Waals surface area contributed by atoms with Crippen LogP contribution in [-0.2, 0) is 5.72 Å². The molecule has 0 saturated heterocycles. The fourth-order valence-electron chi connectivity index (χ4n) is 2.52. The smallest absolute Gasteiger partial charge is 0.257 e. The van der Waals surface area contributed by atoms with Gasteiger partial charge in [0.25, 0.3) is 5.91 Å². The number of carbonyl (C=O) groups excluding carboxylic acids is 1. The second kappa shape index (κ2) is 5.15. The fourth-order valence-corrected chi connectivity index (χ4v) is 2.65. The summed E-state index contributed by atoms with van der Waals surface area (Å²) in [5.74, 6) is -0.854. The molecule has 21 heavy (non-hydrogen) atoms. The van der Waals surface area contributed by atoms with Crippen molar-refractivity contribution in [1.29, 1.82) is 0 Å². The molecule has 1 unspecified atom stereocenters. The monoisotopic (exact) mass is 306 g/mol. The SMILES string of the molecule is [2H]C([2H])(N)C([2H])([2H])N1C(=O)c2ccccc2C1(O)c1ccc(Cl)cc1. The Morgan fingerprint density at radius 2 is 1.90 bits per heavy atom. The van der Waals surface area contributed by atoms with Crippen LogP contribution in [0.1, 0.15) is 27.0 Å². The summed E-state index contributed by atoms with van der Waals surface area (Å²) in [7, 11) is 0. The van der Waals surface area contributed by atoms with Crippen molar-refractivity contribution in [2.24, 2.45) is 5.73 Å². The minimum absolute atomic E-state index is 0.0769. The number of fused-ring (bicyclic) bond motifs is 1. The molecule has 3 rings (SSSR count). The molecular weight excluding hydrogens is 288 g/mol. The first-order chi connectivity index (χ1) is 11.5. The van der Waals surface area contributed by atoms with Gasteiger partial charge < -0.3 is 15.7 Å². The van der Waals surface area contributed by atoms with Gasteiger partial charge in [-0.15, -0.1) is 0 Å². The van der Waals surface area contributed by atoms with Gasteiger partial charge in [0.1, 0.15) is 0 Å². The van der Waals surface area contributed by atoms with E-state index in [2.05, 4.69) is 0 Å². The Balaban J connectivity index is 2.30. The lowest BCUT2D eigenvalue weighted by Gasteiger charge is -2.34. The highest BCUT2D eigenvalue weighted by molar-refractivity contribution is 6.30. The lowest BCUT2D eigenvalue weighted by atomic mass is 9.94. The van der Waals surface area contributed by atoms with Crippen LogP contribution >= 0.6 is 11.6 Å². The molecule has 0 aliphatic carbocycles. The van der Waals surface area contributed by atoms with Crippen LogP contribution in [0.2, 0.25) is 5.02 Å². The van der Waals surface area contributed by atoms with E-state index in [1.165, 1.54) is 36.4 Å². The molecule has 3 N–H and O–H groups in total. The quantitative estimate of drug-likeness (QED) is 0.911. The third kappa shape index (κ3) is 2.03. The van der Waals surface area contributed by atoms with E-state index < -0.39 is 24.6 Å². The molecule has 1 aliphatic rings. The molecule has 108 valence electrons. The Hall–Kier alpha value is -1.88. The maximum absolute atomic E-state index is 12.8. The average Bonchev–Trinajstić information content (AvgIpc) is 2.77. The lowest BCUT2D eigenvalue weighted by Crippen LogP contribution is -2.46.